The van der Waals surface area contributed by atoms with Gasteiger partial charge in [-0.1, -0.05) is 92.2 Å². The van der Waals surface area contributed by atoms with Gasteiger partial charge in [0.2, 0.25) is 0 Å². The molecular formula is C54H74N2NiO8. The number of phenolic OH excluding ortho intramolecular Hbond substituents is 2. The molecule has 4 N–H and O–H groups in total. The molecule has 358 valence electrons. The van der Waals surface area contributed by atoms with E-state index in [0.29, 0.717) is 36.8 Å². The Labute approximate surface area is 398 Å². The van der Waals surface area contributed by atoms with Crippen LogP contribution in [0.1, 0.15) is 184 Å². The van der Waals surface area contributed by atoms with Crippen molar-refractivity contribution in [2.24, 2.45) is 9.98 Å². The van der Waals surface area contributed by atoms with E-state index < -0.39 is 34.9 Å². The molecule has 0 amide bonds. The van der Waals surface area contributed by atoms with E-state index in [-0.39, 0.29) is 27.6 Å². The minimum absolute atomic E-state index is 0. The monoisotopic (exact) mass is 936 g/mol. The summed E-state index contributed by atoms with van der Waals surface area (Å²) in [5, 5.41) is 60.7. The fourth-order valence-electron chi connectivity index (χ4n) is 7.77. The summed E-state index contributed by atoms with van der Waals surface area (Å²) in [6.45, 7) is 21.0. The zero-order valence-electron chi connectivity index (χ0n) is 40.6. The quantitative estimate of drug-likeness (QED) is 0.0361. The number of hydrogen-bond donors (Lipinski definition) is 4. The molecule has 4 aromatic rings. The average Bonchev–Trinajstić information content (AvgIpc) is 3.22. The van der Waals surface area contributed by atoms with Crippen LogP contribution in [-0.4, -0.2) is 43.8 Å². The Bertz CT molecular complexity index is 2020. The molecule has 0 aliphatic rings. The summed E-state index contributed by atoms with van der Waals surface area (Å²) in [6, 6.07) is 16.0. The molecule has 0 saturated carbocycles. The summed E-state index contributed by atoms with van der Waals surface area (Å²) in [4.78, 5) is 32.5. The molecule has 0 aromatic heterocycles. The second-order valence-corrected chi connectivity index (χ2v) is 16.8. The van der Waals surface area contributed by atoms with Gasteiger partial charge in [-0.2, -0.15) is 0 Å². The molecule has 0 radical (unpaired) electrons. The minimum atomic E-state index is -1.44. The van der Waals surface area contributed by atoms with Gasteiger partial charge < -0.3 is 40.2 Å². The zero-order valence-corrected chi connectivity index (χ0v) is 41.6. The molecule has 0 unspecified atom stereocenters. The topological polar surface area (TPSA) is 186 Å². The van der Waals surface area contributed by atoms with Crippen LogP contribution in [0.3, 0.4) is 0 Å². The number of aryl methyl sites for hydroxylation is 6. The average molecular weight is 938 g/mol. The Kier molecular flexibility index (Phi) is 26.8. The van der Waals surface area contributed by atoms with Crippen molar-refractivity contribution in [3.8, 4) is 23.0 Å². The fraction of sp³-hybridized carbons (Fsp3) is 0.481. The van der Waals surface area contributed by atoms with Crippen LogP contribution >= 0.6 is 0 Å². The maximum atomic E-state index is 11.1. The van der Waals surface area contributed by atoms with Gasteiger partial charge in [0.25, 0.3) is 0 Å². The summed E-state index contributed by atoms with van der Waals surface area (Å²) in [6.07, 6.45) is 14.3. The van der Waals surface area contributed by atoms with Gasteiger partial charge in [-0.3, -0.25) is 9.98 Å². The SMILES string of the molecule is CCCCC(=Nc1cc(C)cc(C)c1)C(CCCC)=Nc1cc(C)cc(C)c1.CCCCc1c(CCC)cc(O)c(O)c1C(=O)[O-].CCCCc1c(CCC)cc(O)c(O)c1C(=O)[O-].[Ni+2]. The molecule has 65 heavy (non-hydrogen) atoms. The number of aromatic hydroxyl groups is 4. The molecule has 0 spiro atoms. The Morgan fingerprint density at radius 2 is 0.769 bits per heavy atom. The normalized spacial score (nSPS) is 11.2. The van der Waals surface area contributed by atoms with Gasteiger partial charge in [-0.25, -0.2) is 0 Å². The van der Waals surface area contributed by atoms with Crippen molar-refractivity contribution >= 4 is 34.7 Å². The number of carboxylic acids is 2. The van der Waals surface area contributed by atoms with Crippen molar-refractivity contribution in [3.63, 3.8) is 0 Å². The standard InChI is InChI=1S/C26H36N2.2C14H20O4.Ni/c1-7-9-11-25(27-23-15-19(3)13-20(4)16-23)26(12-10-8-2)28-24-17-21(5)14-22(6)18-24;2*1-3-5-7-10-9(6-4-2)8-11(15)13(16)12(10)14(17)18;/h13-18H,7-12H2,1-6H3;2*8,15-16H,3-7H2,1-2H3,(H,17,18);/q;;;+2/p-2. The van der Waals surface area contributed by atoms with Gasteiger partial charge in [0, 0.05) is 11.1 Å². The molecule has 0 saturated heterocycles. The number of carbonyl (C=O) groups is 2. The Balaban J connectivity index is 0.000000504. The van der Waals surface area contributed by atoms with E-state index in [1.807, 2.05) is 27.7 Å². The first-order valence-electron chi connectivity index (χ1n) is 23.3. The van der Waals surface area contributed by atoms with Crippen LogP contribution in [0, 0.1) is 27.7 Å². The molecule has 0 bridgehead atoms. The van der Waals surface area contributed by atoms with Crippen LogP contribution in [0.4, 0.5) is 11.4 Å². The van der Waals surface area contributed by atoms with Crippen molar-refractivity contribution in [1.82, 2.24) is 0 Å². The van der Waals surface area contributed by atoms with Gasteiger partial charge >= 0.3 is 16.5 Å². The van der Waals surface area contributed by atoms with Crippen LogP contribution < -0.4 is 10.2 Å². The Morgan fingerprint density at radius 1 is 0.462 bits per heavy atom. The summed E-state index contributed by atoms with van der Waals surface area (Å²) in [5.41, 5.74) is 11.7. The molecular weight excluding hydrogens is 863 g/mol. The molecule has 0 aliphatic heterocycles. The number of unbranched alkanes of at least 4 members (excludes halogenated alkanes) is 4. The molecule has 0 heterocycles. The van der Waals surface area contributed by atoms with Crippen molar-refractivity contribution in [1.29, 1.82) is 0 Å². The maximum absolute atomic E-state index is 11.1. The van der Waals surface area contributed by atoms with Crippen LogP contribution in [0.15, 0.2) is 58.5 Å². The summed E-state index contributed by atoms with van der Waals surface area (Å²) < 4.78 is 0. The number of benzene rings is 4. The maximum Gasteiger partial charge on any atom is 2.00 e. The van der Waals surface area contributed by atoms with Crippen LogP contribution in [0.5, 0.6) is 23.0 Å². The number of aliphatic imine (C=N–C) groups is 2. The van der Waals surface area contributed by atoms with E-state index in [0.717, 1.165) is 111 Å². The minimum Gasteiger partial charge on any atom is -0.545 e. The second kappa shape index (κ2) is 30.1. The van der Waals surface area contributed by atoms with Crippen molar-refractivity contribution in [2.75, 3.05) is 0 Å². The number of carbonyl (C=O) groups excluding carboxylic acids is 2. The zero-order chi connectivity index (χ0) is 47.9. The van der Waals surface area contributed by atoms with E-state index in [1.54, 1.807) is 0 Å². The number of carboxylic acid groups (broad SMARTS) is 2. The number of rotatable bonds is 21. The van der Waals surface area contributed by atoms with Gasteiger partial charge in [0.05, 0.1) is 34.7 Å². The smallest absolute Gasteiger partial charge is 0.545 e. The number of hydrogen-bond acceptors (Lipinski definition) is 10. The van der Waals surface area contributed by atoms with Gasteiger partial charge in [-0.15, -0.1) is 0 Å². The third-order valence-electron chi connectivity index (χ3n) is 10.8. The number of phenols is 4. The van der Waals surface area contributed by atoms with E-state index in [4.69, 9.17) is 9.98 Å². The molecule has 11 heteroatoms. The van der Waals surface area contributed by atoms with Crippen molar-refractivity contribution < 1.29 is 56.7 Å². The third-order valence-corrected chi connectivity index (χ3v) is 10.8. The number of aromatic carboxylic acids is 2. The molecule has 4 rings (SSSR count). The summed E-state index contributed by atoms with van der Waals surface area (Å²) in [7, 11) is 0. The molecule has 10 nitrogen and oxygen atoms in total. The first-order valence-corrected chi connectivity index (χ1v) is 23.3. The molecule has 0 atom stereocenters. The first-order chi connectivity index (χ1) is 30.5. The van der Waals surface area contributed by atoms with E-state index >= 15 is 0 Å². The third kappa shape index (κ3) is 18.7. The largest absolute Gasteiger partial charge is 2.00 e. The predicted octanol–water partition coefficient (Wildman–Crippen LogP) is 11.7. The molecule has 0 fully saturated rings. The van der Waals surface area contributed by atoms with Gasteiger partial charge in [0.1, 0.15) is 0 Å². The van der Waals surface area contributed by atoms with Crippen LogP contribution in [-0.2, 0) is 42.2 Å². The Hall–Kier alpha value is -5.15. The van der Waals surface area contributed by atoms with Gasteiger partial charge in [0.15, 0.2) is 23.0 Å². The fourth-order valence-corrected chi connectivity index (χ4v) is 7.77. The Morgan fingerprint density at radius 3 is 1.03 bits per heavy atom. The predicted molar refractivity (Wildman–Crippen MR) is 258 cm³/mol. The number of nitrogens with zero attached hydrogens (tertiary/aromatic N) is 2. The summed E-state index contributed by atoms with van der Waals surface area (Å²) in [5.74, 6) is -4.82. The van der Waals surface area contributed by atoms with Crippen LogP contribution in [0.25, 0.3) is 0 Å². The first kappa shape index (κ1) is 57.9. The van der Waals surface area contributed by atoms with E-state index in [2.05, 4.69) is 77.9 Å². The van der Waals surface area contributed by atoms with Gasteiger partial charge in [-0.05, 0) is 173 Å². The summed E-state index contributed by atoms with van der Waals surface area (Å²) >= 11 is 0. The molecule has 0 aliphatic carbocycles. The second-order valence-electron chi connectivity index (χ2n) is 16.8. The van der Waals surface area contributed by atoms with E-state index in [1.165, 1.54) is 34.4 Å². The van der Waals surface area contributed by atoms with Crippen LogP contribution in [0.2, 0.25) is 0 Å². The van der Waals surface area contributed by atoms with Crippen molar-refractivity contribution in [2.45, 2.75) is 172 Å². The van der Waals surface area contributed by atoms with E-state index in [9.17, 15) is 40.2 Å². The van der Waals surface area contributed by atoms with Crippen molar-refractivity contribution in [3.05, 3.63) is 104 Å². The molecule has 4 aromatic carbocycles.